The SMILES string of the molecule is c1ccc(C2N=C(n3c4ccccc4c4ccc5c6ccccc6sc5c43)NC(c3ccccc3)[NH2+]2)cc1. The average Bonchev–Trinajstić information content (AvgIpc) is 3.54. The van der Waals surface area contributed by atoms with Gasteiger partial charge >= 0.3 is 0 Å². The molecule has 182 valence electrons. The number of hydrogen-bond donors (Lipinski definition) is 2. The van der Waals surface area contributed by atoms with E-state index in [0.717, 1.165) is 5.96 Å². The van der Waals surface area contributed by atoms with Crippen LogP contribution in [0.3, 0.4) is 0 Å². The van der Waals surface area contributed by atoms with Crippen LogP contribution < -0.4 is 10.6 Å². The number of nitrogens with two attached hydrogens (primary N) is 1. The fourth-order valence-corrected chi connectivity index (χ4v) is 7.09. The van der Waals surface area contributed by atoms with Gasteiger partial charge in [-0.1, -0.05) is 109 Å². The third-order valence-electron chi connectivity index (χ3n) is 7.61. The molecule has 0 fully saturated rings. The van der Waals surface area contributed by atoms with Crippen LogP contribution in [0.1, 0.15) is 23.5 Å². The lowest BCUT2D eigenvalue weighted by atomic mass is 10.1. The Balaban J connectivity index is 1.44. The fourth-order valence-electron chi connectivity index (χ4n) is 5.85. The fraction of sp³-hybridized carbons (Fsp3) is 0.0606. The first-order chi connectivity index (χ1) is 18.8. The molecule has 5 heteroatoms. The molecule has 0 amide bonds. The standard InChI is InChI=1S/C33H24N4S/c1-3-11-21(12-4-1)31-34-32(22-13-5-2-6-14-22)36-33(35-31)37-27-17-9-7-15-23(27)25-19-20-26-24-16-8-10-18-28(24)38-30(26)29(25)37/h1-20,31-32,34H,(H,35,36)/p+1. The van der Waals surface area contributed by atoms with E-state index in [0.29, 0.717) is 0 Å². The van der Waals surface area contributed by atoms with Crippen molar-refractivity contribution in [3.8, 4) is 0 Å². The van der Waals surface area contributed by atoms with Crippen molar-refractivity contribution in [2.75, 3.05) is 0 Å². The number of para-hydroxylation sites is 1. The van der Waals surface area contributed by atoms with Gasteiger partial charge in [0.15, 0.2) is 6.17 Å². The van der Waals surface area contributed by atoms with Crippen molar-refractivity contribution in [3.05, 3.63) is 132 Å². The minimum Gasteiger partial charge on any atom is -0.302 e. The lowest BCUT2D eigenvalue weighted by Gasteiger charge is -2.29. The Labute approximate surface area is 223 Å². The Morgan fingerprint density at radius 2 is 1.29 bits per heavy atom. The first kappa shape index (κ1) is 21.6. The minimum atomic E-state index is -0.0597. The van der Waals surface area contributed by atoms with E-state index in [9.17, 15) is 0 Å². The zero-order valence-electron chi connectivity index (χ0n) is 20.6. The molecule has 2 aromatic heterocycles. The molecule has 3 N–H and O–H groups in total. The molecule has 2 atom stereocenters. The Kier molecular flexibility index (Phi) is 4.87. The number of fused-ring (bicyclic) bond motifs is 7. The molecule has 0 radical (unpaired) electrons. The number of nitrogens with zero attached hydrogens (tertiary/aromatic N) is 2. The van der Waals surface area contributed by atoms with E-state index in [1.54, 1.807) is 0 Å². The van der Waals surface area contributed by atoms with Gasteiger partial charge in [-0.3, -0.25) is 9.88 Å². The smallest absolute Gasteiger partial charge is 0.213 e. The molecule has 2 unspecified atom stereocenters. The van der Waals surface area contributed by atoms with Crippen LogP contribution in [0.25, 0.3) is 42.0 Å². The molecule has 0 saturated carbocycles. The van der Waals surface area contributed by atoms with E-state index < -0.39 is 0 Å². The van der Waals surface area contributed by atoms with Gasteiger partial charge in [-0.25, -0.2) is 0 Å². The molecule has 0 aliphatic carbocycles. The molecule has 0 spiro atoms. The molecule has 1 aliphatic heterocycles. The van der Waals surface area contributed by atoms with E-state index >= 15 is 0 Å². The van der Waals surface area contributed by atoms with Crippen LogP contribution in [0.5, 0.6) is 0 Å². The van der Waals surface area contributed by atoms with Crippen LogP contribution in [-0.4, -0.2) is 10.5 Å². The molecule has 0 saturated heterocycles. The first-order valence-electron chi connectivity index (χ1n) is 13.0. The Bertz CT molecular complexity index is 1990. The maximum atomic E-state index is 5.35. The van der Waals surface area contributed by atoms with Crippen molar-refractivity contribution >= 4 is 59.3 Å². The third-order valence-corrected chi connectivity index (χ3v) is 8.81. The highest BCUT2D eigenvalue weighted by molar-refractivity contribution is 7.26. The second-order valence-corrected chi connectivity index (χ2v) is 10.9. The van der Waals surface area contributed by atoms with Gasteiger partial charge in [0.1, 0.15) is 0 Å². The van der Waals surface area contributed by atoms with Crippen molar-refractivity contribution in [3.63, 3.8) is 0 Å². The lowest BCUT2D eigenvalue weighted by Crippen LogP contribution is -2.91. The zero-order valence-corrected chi connectivity index (χ0v) is 21.4. The quantitative estimate of drug-likeness (QED) is 0.261. The van der Waals surface area contributed by atoms with Gasteiger partial charge in [-0.05, 0) is 12.1 Å². The highest BCUT2D eigenvalue weighted by atomic mass is 32.1. The van der Waals surface area contributed by atoms with Crippen LogP contribution in [0, 0.1) is 0 Å². The van der Waals surface area contributed by atoms with Gasteiger partial charge in [-0.2, -0.15) is 4.99 Å². The summed E-state index contributed by atoms with van der Waals surface area (Å²) in [5.41, 5.74) is 4.81. The van der Waals surface area contributed by atoms with Crippen molar-refractivity contribution in [1.82, 2.24) is 9.88 Å². The monoisotopic (exact) mass is 509 g/mol. The predicted octanol–water partition coefficient (Wildman–Crippen LogP) is 6.93. The van der Waals surface area contributed by atoms with Gasteiger partial charge in [-0.15, -0.1) is 11.3 Å². The molecule has 7 aromatic rings. The number of quaternary nitrogens is 1. The molecular formula is C33H25N4S+. The highest BCUT2D eigenvalue weighted by Gasteiger charge is 2.31. The van der Waals surface area contributed by atoms with Crippen molar-refractivity contribution < 1.29 is 5.32 Å². The molecule has 5 aromatic carbocycles. The van der Waals surface area contributed by atoms with Crippen LogP contribution in [0.4, 0.5) is 0 Å². The Morgan fingerprint density at radius 3 is 2.11 bits per heavy atom. The summed E-state index contributed by atoms with van der Waals surface area (Å²) in [6.45, 7) is 0. The van der Waals surface area contributed by atoms with Crippen LogP contribution in [0.15, 0.2) is 126 Å². The molecule has 38 heavy (non-hydrogen) atoms. The summed E-state index contributed by atoms with van der Waals surface area (Å²) in [6.07, 6.45) is -0.0257. The number of aliphatic imine (C=N–C) groups is 1. The van der Waals surface area contributed by atoms with Gasteiger partial charge in [0, 0.05) is 37.4 Å². The molecular weight excluding hydrogens is 484 g/mol. The number of thiophene rings is 1. The molecule has 8 rings (SSSR count). The summed E-state index contributed by atoms with van der Waals surface area (Å²) in [4.78, 5) is 5.35. The Morgan fingerprint density at radius 1 is 0.632 bits per heavy atom. The summed E-state index contributed by atoms with van der Waals surface area (Å²) in [5, 5.41) is 11.2. The largest absolute Gasteiger partial charge is 0.302 e. The molecule has 3 heterocycles. The number of nitrogens with one attached hydrogen (secondary N) is 1. The summed E-state index contributed by atoms with van der Waals surface area (Å²) in [5.74, 6) is 0.881. The minimum absolute atomic E-state index is 0.0340. The van der Waals surface area contributed by atoms with Crippen molar-refractivity contribution in [1.29, 1.82) is 0 Å². The Hall–Kier alpha value is -4.45. The zero-order chi connectivity index (χ0) is 25.1. The maximum Gasteiger partial charge on any atom is 0.213 e. The van der Waals surface area contributed by atoms with Crippen molar-refractivity contribution in [2.24, 2.45) is 4.99 Å². The van der Waals surface area contributed by atoms with Crippen LogP contribution in [0.2, 0.25) is 0 Å². The van der Waals surface area contributed by atoms with Gasteiger partial charge < -0.3 is 5.32 Å². The number of hydrogen-bond acceptors (Lipinski definition) is 3. The molecule has 4 nitrogen and oxygen atoms in total. The topological polar surface area (TPSA) is 45.9 Å². The lowest BCUT2D eigenvalue weighted by molar-refractivity contribution is -0.739. The first-order valence-corrected chi connectivity index (χ1v) is 13.8. The van der Waals surface area contributed by atoms with Crippen molar-refractivity contribution in [2.45, 2.75) is 12.3 Å². The predicted molar refractivity (Wildman–Crippen MR) is 159 cm³/mol. The summed E-state index contributed by atoms with van der Waals surface area (Å²) >= 11 is 1.87. The normalized spacial score (nSPS) is 17.7. The van der Waals surface area contributed by atoms with E-state index in [1.165, 1.54) is 53.1 Å². The van der Waals surface area contributed by atoms with E-state index in [1.807, 2.05) is 11.3 Å². The highest BCUT2D eigenvalue weighted by Crippen LogP contribution is 2.41. The summed E-state index contributed by atoms with van der Waals surface area (Å²) in [6, 6.07) is 43.2. The van der Waals surface area contributed by atoms with E-state index in [-0.39, 0.29) is 12.3 Å². The number of rotatable bonds is 2. The van der Waals surface area contributed by atoms with Crippen LogP contribution >= 0.6 is 11.3 Å². The second-order valence-electron chi connectivity index (χ2n) is 9.82. The van der Waals surface area contributed by atoms with E-state index in [4.69, 9.17) is 4.99 Å². The van der Waals surface area contributed by atoms with Gasteiger partial charge in [0.05, 0.1) is 15.7 Å². The maximum absolute atomic E-state index is 5.35. The number of benzene rings is 5. The van der Waals surface area contributed by atoms with Crippen LogP contribution in [-0.2, 0) is 0 Å². The summed E-state index contributed by atoms with van der Waals surface area (Å²) in [7, 11) is 0. The van der Waals surface area contributed by atoms with E-state index in [2.05, 4.69) is 137 Å². The average molecular weight is 510 g/mol. The van der Waals surface area contributed by atoms with Gasteiger partial charge in [0.25, 0.3) is 0 Å². The molecule has 1 aliphatic rings. The number of aromatic nitrogens is 1. The second kappa shape index (κ2) is 8.55. The molecule has 0 bridgehead atoms. The van der Waals surface area contributed by atoms with Gasteiger partial charge in [0.2, 0.25) is 12.1 Å². The summed E-state index contributed by atoms with van der Waals surface area (Å²) < 4.78 is 4.97. The third kappa shape index (κ3) is 3.29.